The van der Waals surface area contributed by atoms with Crippen LogP contribution in [0.1, 0.15) is 0 Å². The van der Waals surface area contributed by atoms with E-state index in [-0.39, 0.29) is 54.9 Å². The maximum atomic E-state index is 0. The molecule has 0 bridgehead atoms. The summed E-state index contributed by atoms with van der Waals surface area (Å²) < 4.78 is 0. The molecular weight excluding hydrogens is 111 g/mol. The van der Waals surface area contributed by atoms with Gasteiger partial charge >= 0.3 is 0 Å². The van der Waals surface area contributed by atoms with Crippen LogP contribution in [-0.4, -0.2) is 24.3 Å². The zero-order valence-electron chi connectivity index (χ0n) is 2.35. The van der Waals surface area contributed by atoms with Gasteiger partial charge in [-0.3, -0.25) is 0 Å². The van der Waals surface area contributed by atoms with E-state index in [2.05, 4.69) is 0 Å². The van der Waals surface area contributed by atoms with Crippen molar-refractivity contribution in [1.29, 1.82) is 0 Å². The summed E-state index contributed by atoms with van der Waals surface area (Å²) in [6.45, 7) is 0. The Hall–Kier alpha value is 1.43. The van der Waals surface area contributed by atoms with Gasteiger partial charge in [0.15, 0.2) is 0 Å². The van der Waals surface area contributed by atoms with E-state index in [1.807, 2.05) is 0 Å². The summed E-state index contributed by atoms with van der Waals surface area (Å²) in [5.41, 5.74) is 0. The molecule has 0 aliphatic heterocycles. The van der Waals surface area contributed by atoms with Gasteiger partial charge in [0.05, 0.1) is 0 Å². The predicted octanol–water partition coefficient (Wildman–Crippen LogP) is -1.10. The maximum absolute atomic E-state index is 0. The normalized spacial score (nSPS) is 0. The molecule has 0 aromatic carbocycles. The quantitative estimate of drug-likeness (QED) is 0.359. The zero-order chi connectivity index (χ0) is 0. The molecule has 0 rings (SSSR count). The maximum Gasteiger partial charge on any atom is 0 e. The summed E-state index contributed by atoms with van der Waals surface area (Å²) in [5, 5.41) is 0. The van der Waals surface area contributed by atoms with E-state index >= 15 is 0 Å². The Bertz CT molecular complexity index is 8.00. The van der Waals surface area contributed by atoms with E-state index in [0.29, 0.717) is 0 Å². The van der Waals surface area contributed by atoms with Crippen LogP contribution in [0.25, 0.3) is 0 Å². The third-order valence-corrected chi connectivity index (χ3v) is 0. The van der Waals surface area contributed by atoms with E-state index in [1.165, 1.54) is 0 Å². The number of hydrogen-bond donors (Lipinski definition) is 0. The molecular formula is H4FeLiOS. The molecule has 0 amide bonds. The topological polar surface area (TPSA) is 31.5 Å². The standard InChI is InChI=1S/Fe.Li.H2O.H2S/h;;2*1H2. The van der Waals surface area contributed by atoms with Gasteiger partial charge < -0.3 is 5.48 Å². The van der Waals surface area contributed by atoms with Crippen molar-refractivity contribution in [3.8, 4) is 0 Å². The summed E-state index contributed by atoms with van der Waals surface area (Å²) in [6.07, 6.45) is 0. The molecule has 0 spiro atoms. The average molecular weight is 115 g/mol. The molecule has 0 unspecified atom stereocenters. The Morgan fingerprint density at radius 2 is 1.00 bits per heavy atom. The van der Waals surface area contributed by atoms with Crippen LogP contribution in [0, 0.1) is 0 Å². The van der Waals surface area contributed by atoms with Gasteiger partial charge in [-0.2, -0.15) is 13.5 Å². The van der Waals surface area contributed by atoms with Crippen molar-refractivity contribution in [3.63, 3.8) is 0 Å². The van der Waals surface area contributed by atoms with Gasteiger partial charge in [-0.25, -0.2) is 0 Å². The predicted molar refractivity (Wildman–Crippen MR) is 19.7 cm³/mol. The summed E-state index contributed by atoms with van der Waals surface area (Å²) in [5.74, 6) is 0. The molecule has 0 aliphatic carbocycles. The smallest absolute Gasteiger partial charge is 0 e. The summed E-state index contributed by atoms with van der Waals surface area (Å²) in [7, 11) is 0. The molecule has 0 saturated carbocycles. The molecule has 0 aromatic heterocycles. The van der Waals surface area contributed by atoms with Crippen LogP contribution in [0.4, 0.5) is 0 Å². The van der Waals surface area contributed by atoms with Crippen molar-refractivity contribution in [2.45, 2.75) is 0 Å². The van der Waals surface area contributed by atoms with E-state index < -0.39 is 0 Å². The van der Waals surface area contributed by atoms with Crippen molar-refractivity contribution in [2.75, 3.05) is 0 Å². The monoisotopic (exact) mass is 115 g/mol. The minimum absolute atomic E-state index is 0. The van der Waals surface area contributed by atoms with Crippen molar-refractivity contribution in [3.05, 3.63) is 0 Å². The minimum atomic E-state index is 0. The molecule has 0 aromatic rings. The second-order valence-electron chi connectivity index (χ2n) is 0. The van der Waals surface area contributed by atoms with Crippen molar-refractivity contribution in [1.82, 2.24) is 0 Å². The molecule has 4 heavy (non-hydrogen) atoms. The molecule has 1 nitrogen and oxygen atoms in total. The van der Waals surface area contributed by atoms with Crippen LogP contribution < -0.4 is 0 Å². The summed E-state index contributed by atoms with van der Waals surface area (Å²) in [6, 6.07) is 0. The fraction of sp³-hybridized carbons (Fsp3) is 0. The van der Waals surface area contributed by atoms with Crippen molar-refractivity contribution < 1.29 is 22.5 Å². The molecule has 1 radical (unpaired) electrons. The first-order chi connectivity index (χ1) is 0. The fourth-order valence-corrected chi connectivity index (χ4v) is 0. The first-order valence-corrected chi connectivity index (χ1v) is 0. The van der Waals surface area contributed by atoms with Gasteiger partial charge in [-0.15, -0.1) is 0 Å². The van der Waals surface area contributed by atoms with Gasteiger partial charge in [-0.1, -0.05) is 0 Å². The van der Waals surface area contributed by atoms with Crippen LogP contribution in [0.15, 0.2) is 0 Å². The molecule has 0 heterocycles. The van der Waals surface area contributed by atoms with Gasteiger partial charge in [0.25, 0.3) is 0 Å². The molecule has 0 saturated heterocycles. The summed E-state index contributed by atoms with van der Waals surface area (Å²) >= 11 is 0. The van der Waals surface area contributed by atoms with Gasteiger partial charge in [-0.05, 0) is 0 Å². The molecule has 25 valence electrons. The Morgan fingerprint density at radius 3 is 1.00 bits per heavy atom. The van der Waals surface area contributed by atoms with Crippen LogP contribution in [-0.2, 0) is 17.1 Å². The van der Waals surface area contributed by atoms with Crippen LogP contribution >= 0.6 is 13.5 Å². The van der Waals surface area contributed by atoms with E-state index in [1.54, 1.807) is 0 Å². The van der Waals surface area contributed by atoms with E-state index in [0.717, 1.165) is 0 Å². The first kappa shape index (κ1) is 52.2. The van der Waals surface area contributed by atoms with Crippen LogP contribution in [0.3, 0.4) is 0 Å². The number of hydrogen-bond acceptors (Lipinski definition) is 0. The van der Waals surface area contributed by atoms with Gasteiger partial charge in [0.2, 0.25) is 0 Å². The van der Waals surface area contributed by atoms with Crippen LogP contribution in [0.2, 0.25) is 0 Å². The molecule has 0 fully saturated rings. The SMILES string of the molecule is O.S.[Fe].[Li]. The van der Waals surface area contributed by atoms with Crippen LogP contribution in [0.5, 0.6) is 0 Å². The van der Waals surface area contributed by atoms with Crippen molar-refractivity contribution >= 4 is 32.4 Å². The van der Waals surface area contributed by atoms with E-state index in [9.17, 15) is 0 Å². The molecule has 2 N–H and O–H groups in total. The number of rotatable bonds is 0. The Labute approximate surface area is 54.9 Å². The molecule has 4 heteroatoms. The largest absolute Gasteiger partial charge is 0.412 e. The average Bonchev–Trinajstić information content (AvgIpc) is 0. The summed E-state index contributed by atoms with van der Waals surface area (Å²) in [4.78, 5) is 0. The second kappa shape index (κ2) is 25.5. The Kier molecular flexibility index (Phi) is 333. The van der Waals surface area contributed by atoms with E-state index in [4.69, 9.17) is 0 Å². The van der Waals surface area contributed by atoms with Crippen molar-refractivity contribution in [2.24, 2.45) is 0 Å². The third-order valence-electron chi connectivity index (χ3n) is 0. The second-order valence-corrected chi connectivity index (χ2v) is 0. The molecule has 0 aliphatic rings. The molecule has 0 atom stereocenters. The Balaban J connectivity index is 0. The third kappa shape index (κ3) is 9.91. The first-order valence-electron chi connectivity index (χ1n) is 0. The Morgan fingerprint density at radius 1 is 1.00 bits per heavy atom. The zero-order valence-corrected chi connectivity index (χ0v) is 4.46. The van der Waals surface area contributed by atoms with Gasteiger partial charge in [0.1, 0.15) is 0 Å². The van der Waals surface area contributed by atoms with Gasteiger partial charge in [0, 0.05) is 35.9 Å². The minimum Gasteiger partial charge on any atom is -0.412 e. The fourth-order valence-electron chi connectivity index (χ4n) is 0.